The molecule has 188 valence electrons. The molecule has 2 N–H and O–H groups in total. The van der Waals surface area contributed by atoms with Gasteiger partial charge in [0.2, 0.25) is 0 Å². The highest BCUT2D eigenvalue weighted by atomic mass is 19.4. The van der Waals surface area contributed by atoms with Gasteiger partial charge < -0.3 is 24.6 Å². The Kier molecular flexibility index (Phi) is 6.66. The number of rotatable bonds is 4. The molecular formula is C23H22F3NO8. The van der Waals surface area contributed by atoms with Crippen LogP contribution in [0.4, 0.5) is 13.2 Å². The fourth-order valence-electron chi connectivity index (χ4n) is 4.36. The van der Waals surface area contributed by atoms with Gasteiger partial charge in [0, 0.05) is 29.5 Å². The van der Waals surface area contributed by atoms with Crippen molar-refractivity contribution in [3.05, 3.63) is 46.5 Å². The third-order valence-corrected chi connectivity index (χ3v) is 6.18. The van der Waals surface area contributed by atoms with Crippen molar-refractivity contribution in [1.29, 1.82) is 0 Å². The summed E-state index contributed by atoms with van der Waals surface area (Å²) in [6, 6.07) is 4.75. The van der Waals surface area contributed by atoms with E-state index in [0.29, 0.717) is 0 Å². The molecule has 1 aromatic rings. The minimum atomic E-state index is -5.17. The number of carbonyl (C=O) groups excluding carboxylic acids is 4. The number of ether oxygens (including phenoxy) is 3. The molecule has 1 saturated heterocycles. The van der Waals surface area contributed by atoms with Gasteiger partial charge in [0.15, 0.2) is 29.9 Å². The van der Waals surface area contributed by atoms with E-state index in [9.17, 15) is 37.5 Å². The Morgan fingerprint density at radius 3 is 2.34 bits per heavy atom. The molecule has 3 aliphatic rings. The summed E-state index contributed by atoms with van der Waals surface area (Å²) in [5.41, 5.74) is 0.235. The number of ketones is 3. The predicted octanol–water partition coefficient (Wildman–Crippen LogP) is 1.63. The number of amides is 1. The maximum Gasteiger partial charge on any atom is 0.471 e. The van der Waals surface area contributed by atoms with Gasteiger partial charge in [-0.05, 0) is 13.8 Å². The average molecular weight is 497 g/mol. The van der Waals surface area contributed by atoms with Crippen molar-refractivity contribution in [3.8, 4) is 0 Å². The highest BCUT2D eigenvalue weighted by Gasteiger charge is 2.47. The van der Waals surface area contributed by atoms with Gasteiger partial charge in [0.05, 0.1) is 17.7 Å². The van der Waals surface area contributed by atoms with Crippen molar-refractivity contribution in [2.75, 3.05) is 0 Å². The number of nitrogens with one attached hydrogen (secondary N) is 1. The summed E-state index contributed by atoms with van der Waals surface area (Å²) in [5, 5.41) is 11.9. The van der Waals surface area contributed by atoms with Crippen molar-refractivity contribution in [2.45, 2.75) is 69.8 Å². The number of hydrogen-bond acceptors (Lipinski definition) is 8. The van der Waals surface area contributed by atoms with Gasteiger partial charge in [0.1, 0.15) is 12.2 Å². The third kappa shape index (κ3) is 4.79. The quantitative estimate of drug-likeness (QED) is 0.643. The molecule has 1 aromatic carbocycles. The number of halogens is 3. The normalized spacial score (nSPS) is 31.0. The SMILES string of the molecule is CC(=O)[C@@H]1CC2=C(C(=O)c3ccccc3C2=O)[C@@H](O[C@H]2C[C@H](NC(=O)C(F)(F)F)[C@H](O)[C@H](C)O2)O1. The van der Waals surface area contributed by atoms with E-state index in [1.54, 1.807) is 17.4 Å². The molecule has 1 aliphatic carbocycles. The maximum atomic E-state index is 13.2. The lowest BCUT2D eigenvalue weighted by atomic mass is 9.80. The predicted molar refractivity (Wildman–Crippen MR) is 110 cm³/mol. The second kappa shape index (κ2) is 9.26. The van der Waals surface area contributed by atoms with Crippen molar-refractivity contribution < 1.29 is 51.7 Å². The van der Waals surface area contributed by atoms with E-state index in [0.717, 1.165) is 0 Å². The summed E-state index contributed by atoms with van der Waals surface area (Å²) >= 11 is 0. The van der Waals surface area contributed by atoms with Gasteiger partial charge in [-0.1, -0.05) is 24.3 Å². The zero-order chi connectivity index (χ0) is 25.7. The van der Waals surface area contributed by atoms with Crippen LogP contribution in [0.5, 0.6) is 0 Å². The molecule has 35 heavy (non-hydrogen) atoms. The van der Waals surface area contributed by atoms with Gasteiger partial charge in [0.25, 0.3) is 0 Å². The van der Waals surface area contributed by atoms with Crippen LogP contribution >= 0.6 is 0 Å². The first-order valence-electron chi connectivity index (χ1n) is 10.8. The van der Waals surface area contributed by atoms with E-state index < -0.39 is 72.8 Å². The summed E-state index contributed by atoms with van der Waals surface area (Å²) in [4.78, 5) is 49.9. The lowest BCUT2D eigenvalue weighted by Gasteiger charge is -2.41. The molecular weight excluding hydrogens is 475 g/mol. The standard InChI is InChI=1S/C23H22F3NO8/c1-9(28)15-7-13-17(20(31)12-6-4-3-5-11(12)19(13)30)21(34-15)35-16-8-14(18(29)10(2)33-16)27-22(32)23(24,25)26/h3-6,10,14-16,18,21,29H,7-8H2,1-2H3,(H,27,32)/t10-,14-,15-,16-,18+,21+/m0/s1. The number of benzene rings is 1. The maximum absolute atomic E-state index is 13.2. The zero-order valence-corrected chi connectivity index (χ0v) is 18.6. The minimum absolute atomic E-state index is 0.0518. The first-order chi connectivity index (χ1) is 16.4. The number of aliphatic hydroxyl groups is 1. The minimum Gasteiger partial charge on any atom is -0.388 e. The van der Waals surface area contributed by atoms with E-state index in [1.165, 1.54) is 26.0 Å². The third-order valence-electron chi connectivity index (χ3n) is 6.18. The molecule has 1 fully saturated rings. The van der Waals surface area contributed by atoms with Crippen molar-refractivity contribution >= 4 is 23.3 Å². The first-order valence-corrected chi connectivity index (χ1v) is 10.8. The molecule has 0 unspecified atom stereocenters. The second-order valence-electron chi connectivity index (χ2n) is 8.58. The highest BCUT2D eigenvalue weighted by Crippen LogP contribution is 2.38. The molecule has 1 amide bonds. The summed E-state index contributed by atoms with van der Waals surface area (Å²) in [5.74, 6) is -3.67. The molecule has 0 radical (unpaired) electrons. The Morgan fingerprint density at radius 2 is 1.74 bits per heavy atom. The van der Waals surface area contributed by atoms with Gasteiger partial charge in [-0.2, -0.15) is 13.2 Å². The lowest BCUT2D eigenvalue weighted by Crippen LogP contribution is -2.58. The van der Waals surface area contributed by atoms with E-state index in [-0.39, 0.29) is 28.7 Å². The van der Waals surface area contributed by atoms with Gasteiger partial charge in [-0.15, -0.1) is 0 Å². The Morgan fingerprint density at radius 1 is 1.11 bits per heavy atom. The number of fused-ring (bicyclic) bond motifs is 1. The molecule has 2 heterocycles. The number of alkyl halides is 3. The molecule has 0 aromatic heterocycles. The largest absolute Gasteiger partial charge is 0.471 e. The Balaban J connectivity index is 1.62. The van der Waals surface area contributed by atoms with Crippen LogP contribution in [0.1, 0.15) is 47.4 Å². The Labute approximate surface area is 197 Å². The summed E-state index contributed by atoms with van der Waals surface area (Å²) in [6.07, 6.45) is -12.2. The summed E-state index contributed by atoms with van der Waals surface area (Å²) in [7, 11) is 0. The molecule has 6 atom stereocenters. The van der Waals surface area contributed by atoms with Crippen LogP contribution in [-0.4, -0.2) is 71.5 Å². The van der Waals surface area contributed by atoms with Gasteiger partial charge in [-0.25, -0.2) is 0 Å². The highest BCUT2D eigenvalue weighted by molar-refractivity contribution is 6.27. The number of carbonyl (C=O) groups is 4. The fourth-order valence-corrected chi connectivity index (χ4v) is 4.36. The van der Waals surface area contributed by atoms with E-state index in [1.807, 2.05) is 0 Å². The van der Waals surface area contributed by atoms with Crippen LogP contribution < -0.4 is 5.32 Å². The van der Waals surface area contributed by atoms with Crippen LogP contribution in [-0.2, 0) is 23.8 Å². The van der Waals surface area contributed by atoms with Crippen molar-refractivity contribution in [3.63, 3.8) is 0 Å². The number of Topliss-reactive ketones (excluding diaryl/α,β-unsaturated/α-hetero) is 3. The lowest BCUT2D eigenvalue weighted by molar-refractivity contribution is -0.283. The Hall–Kier alpha value is -2.93. The molecule has 12 heteroatoms. The van der Waals surface area contributed by atoms with Crippen LogP contribution in [0.25, 0.3) is 0 Å². The number of aliphatic hydroxyl groups excluding tert-OH is 1. The Bertz CT molecular complexity index is 1110. The van der Waals surface area contributed by atoms with E-state index in [2.05, 4.69) is 0 Å². The second-order valence-corrected chi connectivity index (χ2v) is 8.58. The van der Waals surface area contributed by atoms with Crippen molar-refractivity contribution in [1.82, 2.24) is 5.32 Å². The smallest absolute Gasteiger partial charge is 0.388 e. The van der Waals surface area contributed by atoms with Crippen LogP contribution in [0, 0.1) is 0 Å². The van der Waals surface area contributed by atoms with Crippen LogP contribution in [0.15, 0.2) is 35.4 Å². The summed E-state index contributed by atoms with van der Waals surface area (Å²) in [6.45, 7) is 2.61. The average Bonchev–Trinajstić information content (AvgIpc) is 2.79. The fraction of sp³-hybridized carbons (Fsp3) is 0.478. The van der Waals surface area contributed by atoms with E-state index in [4.69, 9.17) is 14.2 Å². The topological polar surface area (TPSA) is 128 Å². The molecule has 0 saturated carbocycles. The molecule has 0 spiro atoms. The molecule has 2 aliphatic heterocycles. The zero-order valence-electron chi connectivity index (χ0n) is 18.6. The van der Waals surface area contributed by atoms with Crippen LogP contribution in [0.3, 0.4) is 0 Å². The van der Waals surface area contributed by atoms with Crippen LogP contribution in [0.2, 0.25) is 0 Å². The molecule has 0 bridgehead atoms. The molecule has 4 rings (SSSR count). The first kappa shape index (κ1) is 25.2. The van der Waals surface area contributed by atoms with Gasteiger partial charge >= 0.3 is 12.1 Å². The monoisotopic (exact) mass is 497 g/mol. The summed E-state index contributed by atoms with van der Waals surface area (Å²) < 4.78 is 55.1. The van der Waals surface area contributed by atoms with E-state index >= 15 is 0 Å². The number of hydrogen-bond donors (Lipinski definition) is 2. The molecule has 9 nitrogen and oxygen atoms in total. The van der Waals surface area contributed by atoms with Crippen molar-refractivity contribution in [2.24, 2.45) is 0 Å². The van der Waals surface area contributed by atoms with Gasteiger partial charge in [-0.3, -0.25) is 19.2 Å².